The Morgan fingerprint density at radius 2 is 1.27 bits per heavy atom. The van der Waals surface area contributed by atoms with Crippen LogP contribution in [0.1, 0.15) is 44.7 Å². The van der Waals surface area contributed by atoms with Gasteiger partial charge in [-0.25, -0.2) is 15.2 Å². The fourth-order valence-corrected chi connectivity index (χ4v) is 7.55. The molecular formula is C31H36N8O13S3. The van der Waals surface area contributed by atoms with Gasteiger partial charge in [0.1, 0.15) is 12.2 Å². The number of rotatable bonds is 9. The highest BCUT2D eigenvalue weighted by molar-refractivity contribution is 7.94. The van der Waals surface area contributed by atoms with Gasteiger partial charge in [0.15, 0.2) is 23.8 Å². The molecule has 7 N–H and O–H groups in total. The summed E-state index contributed by atoms with van der Waals surface area (Å²) in [6.07, 6.45) is -0.586. The fraction of sp³-hybridized carbons (Fsp3) is 0.419. The number of esters is 2. The van der Waals surface area contributed by atoms with Crippen molar-refractivity contribution in [1.29, 1.82) is 0 Å². The Morgan fingerprint density at radius 1 is 0.836 bits per heavy atom. The highest BCUT2D eigenvalue weighted by Crippen LogP contribution is 2.34. The van der Waals surface area contributed by atoms with Crippen LogP contribution in [-0.2, 0) is 37.9 Å². The average molecular weight is 825 g/mol. The van der Waals surface area contributed by atoms with Crippen LogP contribution in [0.5, 0.6) is 0 Å². The lowest BCUT2D eigenvalue weighted by Crippen LogP contribution is -2.30. The second kappa shape index (κ2) is 18.8. The largest absolute Gasteiger partial charge is 0.458 e. The number of hydrogen-bond acceptors (Lipinski definition) is 22. The number of carbonyl (C=O) groups excluding carboxylic acids is 2. The van der Waals surface area contributed by atoms with E-state index < -0.39 is 48.8 Å². The van der Waals surface area contributed by atoms with Crippen LogP contribution in [0.4, 0.5) is 11.9 Å². The molecule has 0 amide bonds. The molecule has 6 atom stereocenters. The lowest BCUT2D eigenvalue weighted by Gasteiger charge is -2.19. The van der Waals surface area contributed by atoms with Crippen molar-refractivity contribution in [1.82, 2.24) is 29.1 Å². The first-order chi connectivity index (χ1) is 26.3. The van der Waals surface area contributed by atoms with E-state index >= 15 is 0 Å². The Labute approximate surface area is 322 Å². The molecule has 24 heteroatoms. The number of fused-ring (bicyclic) bond motifs is 2. The van der Waals surface area contributed by atoms with Gasteiger partial charge in [-0.15, -0.1) is 4.33 Å². The van der Waals surface area contributed by atoms with E-state index in [1.54, 1.807) is 0 Å². The van der Waals surface area contributed by atoms with E-state index in [4.69, 9.17) is 35.7 Å². The molecule has 5 aromatic rings. The number of benzene rings is 1. The number of nitrogen functional groups attached to an aromatic ring is 2. The van der Waals surface area contributed by atoms with Crippen LogP contribution in [0.3, 0.4) is 0 Å². The van der Waals surface area contributed by atoms with Crippen LogP contribution in [0, 0.1) is 6.92 Å². The molecule has 0 radical (unpaired) electrons. The average Bonchev–Trinajstić information content (AvgIpc) is 3.89. The second-order valence-electron chi connectivity index (χ2n) is 11.8. The molecule has 0 saturated carbocycles. The van der Waals surface area contributed by atoms with Crippen molar-refractivity contribution in [2.45, 2.75) is 75.4 Å². The summed E-state index contributed by atoms with van der Waals surface area (Å²) >= 11 is 2.85. The van der Waals surface area contributed by atoms with Crippen molar-refractivity contribution in [2.75, 3.05) is 24.7 Å². The van der Waals surface area contributed by atoms with Gasteiger partial charge in [0.05, 0.1) is 59.3 Å². The van der Waals surface area contributed by atoms with Gasteiger partial charge in [-0.05, 0) is 19.1 Å². The zero-order valence-corrected chi connectivity index (χ0v) is 31.7. The van der Waals surface area contributed by atoms with Crippen molar-refractivity contribution < 1.29 is 53.4 Å². The number of nitrogens with two attached hydrogens (primary N) is 2. The van der Waals surface area contributed by atoms with Gasteiger partial charge >= 0.3 is 21.7 Å². The molecule has 0 spiro atoms. The lowest BCUT2D eigenvalue weighted by atomic mass is 10.2. The predicted molar refractivity (Wildman–Crippen MR) is 196 cm³/mol. The first kappa shape index (κ1) is 41.5. The number of aryl methyl sites for hydroxylation is 1. The highest BCUT2D eigenvalue weighted by Gasteiger charge is 2.41. The number of carbonyl (C=O) groups is 2. The molecule has 55 heavy (non-hydrogen) atoms. The van der Waals surface area contributed by atoms with E-state index in [1.807, 2.05) is 31.2 Å². The van der Waals surface area contributed by atoms with Gasteiger partial charge < -0.3 is 40.6 Å². The Kier molecular flexibility index (Phi) is 14.2. The van der Waals surface area contributed by atoms with Crippen molar-refractivity contribution in [3.8, 4) is 0 Å². The maximum Gasteiger partial charge on any atom is 0.311 e. The van der Waals surface area contributed by atoms with Crippen LogP contribution in [0.2, 0.25) is 0 Å². The lowest BCUT2D eigenvalue weighted by molar-refractivity contribution is -0.432. The SMILES string of the molecule is CC(=O)O[C@@H]1C[C@@H](CO)O[C@H]1n1c(=O)sc2cnc(N)nc21.CC(=O)O[C@@H]1C[C@@H](CO)O[C@H]1n1c(=O)sc2cnc(N)nc21.Cc1ccc(SOOO)cc1. The summed E-state index contributed by atoms with van der Waals surface area (Å²) in [6.45, 7) is 4.08. The molecule has 0 unspecified atom stereocenters. The molecule has 21 nitrogen and oxygen atoms in total. The minimum absolute atomic E-state index is 0.0276. The second-order valence-corrected chi connectivity index (χ2v) is 14.5. The molecule has 0 aliphatic carbocycles. The zero-order valence-electron chi connectivity index (χ0n) is 29.2. The Morgan fingerprint density at radius 3 is 1.65 bits per heavy atom. The maximum atomic E-state index is 12.3. The van der Waals surface area contributed by atoms with Crippen molar-refractivity contribution in [2.24, 2.45) is 0 Å². The number of ether oxygens (including phenoxy) is 4. The van der Waals surface area contributed by atoms with E-state index in [1.165, 1.54) is 40.9 Å². The summed E-state index contributed by atoms with van der Waals surface area (Å²) < 4.78 is 29.6. The molecule has 2 aliphatic heterocycles. The molecule has 2 fully saturated rings. The van der Waals surface area contributed by atoms with E-state index in [9.17, 15) is 29.4 Å². The quantitative estimate of drug-likeness (QED) is 0.0612. The van der Waals surface area contributed by atoms with Crippen LogP contribution in [0.25, 0.3) is 20.7 Å². The van der Waals surface area contributed by atoms with Gasteiger partial charge in [-0.3, -0.25) is 28.3 Å². The number of thiazole rings is 2. The van der Waals surface area contributed by atoms with Crippen molar-refractivity contribution >= 4 is 79.2 Å². The predicted octanol–water partition coefficient (Wildman–Crippen LogP) is 1.72. The number of nitrogens with zero attached hydrogens (tertiary/aromatic N) is 6. The topological polar surface area (TPSA) is 298 Å². The van der Waals surface area contributed by atoms with Gasteiger partial charge in [0.25, 0.3) is 0 Å². The fourth-order valence-electron chi connectivity index (χ4n) is 5.56. The van der Waals surface area contributed by atoms with Crippen LogP contribution in [0.15, 0.2) is 51.1 Å². The molecule has 0 bridgehead atoms. The molecule has 6 heterocycles. The molecule has 1 aromatic carbocycles. The third-order valence-electron chi connectivity index (χ3n) is 7.78. The van der Waals surface area contributed by atoms with Crippen LogP contribution >= 0.6 is 34.7 Å². The van der Waals surface area contributed by atoms with E-state index in [0.717, 1.165) is 39.6 Å². The Bertz CT molecular complexity index is 2080. The van der Waals surface area contributed by atoms with E-state index in [0.29, 0.717) is 33.5 Å². The zero-order chi connectivity index (χ0) is 39.8. The van der Waals surface area contributed by atoms with Gasteiger partial charge in [-0.1, -0.05) is 45.4 Å². The van der Waals surface area contributed by atoms with Crippen LogP contribution < -0.4 is 21.2 Å². The summed E-state index contributed by atoms with van der Waals surface area (Å²) in [5.74, 6) is -0.919. The summed E-state index contributed by atoms with van der Waals surface area (Å²) in [6, 6.07) is 7.64. The van der Waals surface area contributed by atoms with Gasteiger partial charge in [0, 0.05) is 31.6 Å². The highest BCUT2D eigenvalue weighted by atomic mass is 32.2. The minimum atomic E-state index is -0.850. The molecule has 2 aliphatic rings. The monoisotopic (exact) mass is 824 g/mol. The van der Waals surface area contributed by atoms with Gasteiger partial charge in [-0.2, -0.15) is 9.97 Å². The number of hydrogen-bond donors (Lipinski definition) is 5. The standard InChI is InChI=1S/2C12H14N4O5S.C7H8O3S/c2*1-5(18)20-7-2-6(4-17)21-10(7)16-9-8(22-12(16)19)3-14-11(13)15-9;1-6-2-4-7(5-3-6)11-10-9-8/h2*3,6-7,10,17H,2,4H2,1H3,(H2,13,14,15);2-5,8H,1H3/t2*6-,7+,10+;/m00./s1. The number of aliphatic hydroxyl groups is 2. The van der Waals surface area contributed by atoms with Crippen LogP contribution in [-0.4, -0.2) is 94.1 Å². The van der Waals surface area contributed by atoms with Crippen molar-refractivity contribution in [3.63, 3.8) is 0 Å². The summed E-state index contributed by atoms with van der Waals surface area (Å²) in [7, 11) is 0. The molecular weight excluding hydrogens is 789 g/mol. The van der Waals surface area contributed by atoms with Crippen molar-refractivity contribution in [3.05, 3.63) is 61.6 Å². The minimum Gasteiger partial charge on any atom is -0.458 e. The number of anilines is 2. The first-order valence-electron chi connectivity index (χ1n) is 16.2. The number of aromatic nitrogens is 6. The summed E-state index contributed by atoms with van der Waals surface area (Å²) in [4.78, 5) is 63.0. The number of aliphatic hydroxyl groups excluding tert-OH is 2. The Balaban J connectivity index is 0.000000168. The smallest absolute Gasteiger partial charge is 0.311 e. The van der Waals surface area contributed by atoms with E-state index in [2.05, 4.69) is 29.3 Å². The maximum absolute atomic E-state index is 12.3. The summed E-state index contributed by atoms with van der Waals surface area (Å²) in [5, 5.41) is 29.8. The molecule has 7 rings (SSSR count). The van der Waals surface area contributed by atoms with E-state index in [-0.39, 0.29) is 34.9 Å². The third kappa shape index (κ3) is 10.4. The van der Waals surface area contributed by atoms with Gasteiger partial charge in [0.2, 0.25) is 11.9 Å². The third-order valence-corrected chi connectivity index (χ3v) is 10.1. The first-order valence-corrected chi connectivity index (χ1v) is 18.5. The Hall–Kier alpha value is -4.63. The normalized spacial score (nSPS) is 21.8. The molecule has 296 valence electrons. The molecule has 4 aromatic heterocycles. The molecule has 2 saturated heterocycles. The summed E-state index contributed by atoms with van der Waals surface area (Å²) in [5.41, 5.74) is 13.0.